The van der Waals surface area contributed by atoms with Crippen molar-refractivity contribution in [2.75, 3.05) is 0 Å². The number of carbonyl (C=O) groups is 2. The molecule has 1 aromatic carbocycles. The summed E-state index contributed by atoms with van der Waals surface area (Å²) in [5, 5.41) is 28.6. The molecule has 5 heteroatoms. The Morgan fingerprint density at radius 3 is 1.62 bits per heavy atom. The third kappa shape index (κ3) is 3.07. The second kappa shape index (κ2) is 5.99. The van der Waals surface area contributed by atoms with E-state index in [-0.39, 0.29) is 39.8 Å². The molecule has 0 fully saturated rings. The Balaban J connectivity index is 4.03. The van der Waals surface area contributed by atoms with Gasteiger partial charge in [0.25, 0.3) is 0 Å². The molecule has 0 aromatic heterocycles. The second-order valence-corrected chi connectivity index (χ2v) is 5.54. The number of aliphatic hydroxyl groups excluding tert-OH is 1. The highest BCUT2D eigenvalue weighted by Gasteiger charge is 2.28. The minimum atomic E-state index is -1.22. The van der Waals surface area contributed by atoms with Gasteiger partial charge in [0.15, 0.2) is 0 Å². The number of hydrogen-bond donors (Lipinski definition) is 3. The zero-order valence-corrected chi connectivity index (χ0v) is 12.6. The predicted octanol–water partition coefficient (Wildman–Crippen LogP) is 3.86. The maximum absolute atomic E-state index is 11.7. The van der Waals surface area contributed by atoms with E-state index >= 15 is 0 Å². The molecule has 0 radical (unpaired) electrons. The molecule has 0 atom stereocenters. The van der Waals surface area contributed by atoms with Crippen LogP contribution in [0.4, 0.5) is 0 Å². The third-order valence-corrected chi connectivity index (χ3v) is 3.32. The molecule has 3 N–H and O–H groups in total. The van der Waals surface area contributed by atoms with Crippen molar-refractivity contribution >= 4 is 17.7 Å². The summed E-state index contributed by atoms with van der Waals surface area (Å²) in [6, 6.07) is 1.31. The van der Waals surface area contributed by atoms with E-state index in [1.165, 1.54) is 6.07 Å². The fourth-order valence-electron chi connectivity index (χ4n) is 2.56. The lowest BCUT2D eigenvalue weighted by Gasteiger charge is -2.22. The van der Waals surface area contributed by atoms with Gasteiger partial charge in [-0.1, -0.05) is 34.3 Å². The quantitative estimate of drug-likeness (QED) is 0.716. The number of rotatable bonds is 5. The number of aromatic carboxylic acids is 2. The number of carboxylic acids is 2. The van der Waals surface area contributed by atoms with Gasteiger partial charge in [0.2, 0.25) is 0 Å². The van der Waals surface area contributed by atoms with Crippen molar-refractivity contribution in [1.82, 2.24) is 0 Å². The van der Waals surface area contributed by atoms with E-state index in [1.807, 2.05) is 0 Å². The maximum Gasteiger partial charge on any atom is 0.336 e. The van der Waals surface area contributed by atoms with Gasteiger partial charge in [-0.3, -0.25) is 0 Å². The van der Waals surface area contributed by atoms with Gasteiger partial charge in [0.05, 0.1) is 11.1 Å². The summed E-state index contributed by atoms with van der Waals surface area (Å²) in [6.07, 6.45) is 0. The first-order valence-corrected chi connectivity index (χ1v) is 6.65. The molecule has 1 rings (SSSR count). The smallest absolute Gasteiger partial charge is 0.336 e. The van der Waals surface area contributed by atoms with Crippen LogP contribution in [0.3, 0.4) is 0 Å². The van der Waals surface area contributed by atoms with E-state index < -0.39 is 11.9 Å². The van der Waals surface area contributed by atoms with Crippen LogP contribution in [-0.4, -0.2) is 27.3 Å². The van der Waals surface area contributed by atoms with E-state index in [9.17, 15) is 24.9 Å². The molecular formula is C16H20O5. The zero-order chi connectivity index (χ0) is 16.5. The standard InChI is InChI=1S/C16H20O5/c1-7(2)12-10(9(5)17)6-11(15(18)19)13(8(3)4)14(12)16(20)21/h6-8,17H,5H2,1-4H3,(H,18,19)(H,20,21). The summed E-state index contributed by atoms with van der Waals surface area (Å²) < 4.78 is 0. The Kier molecular flexibility index (Phi) is 4.78. The Hall–Kier alpha value is -2.30. The first kappa shape index (κ1) is 16.8. The SMILES string of the molecule is C=C(O)c1cc(C(=O)O)c(C(C)C)c(C(=O)O)c1C(C)C. The van der Waals surface area contributed by atoms with Gasteiger partial charge in [-0.05, 0) is 29.0 Å². The summed E-state index contributed by atoms with van der Waals surface area (Å²) in [7, 11) is 0. The minimum absolute atomic E-state index is 0.0508. The van der Waals surface area contributed by atoms with Crippen molar-refractivity contribution in [1.29, 1.82) is 0 Å². The molecule has 1 aromatic rings. The normalized spacial score (nSPS) is 11.0. The van der Waals surface area contributed by atoms with Crippen LogP contribution in [0.5, 0.6) is 0 Å². The monoisotopic (exact) mass is 292 g/mol. The molecule has 0 saturated carbocycles. The molecule has 0 amide bonds. The van der Waals surface area contributed by atoms with Crippen molar-refractivity contribution in [2.24, 2.45) is 0 Å². The predicted molar refractivity (Wildman–Crippen MR) is 80.2 cm³/mol. The third-order valence-electron chi connectivity index (χ3n) is 3.32. The van der Waals surface area contributed by atoms with Crippen LogP contribution in [0, 0.1) is 0 Å². The highest BCUT2D eigenvalue weighted by Crippen LogP contribution is 2.35. The van der Waals surface area contributed by atoms with Crippen molar-refractivity contribution in [3.05, 3.63) is 40.5 Å². The average Bonchev–Trinajstić information content (AvgIpc) is 2.34. The molecule has 0 bridgehead atoms. The molecule has 0 aliphatic carbocycles. The highest BCUT2D eigenvalue weighted by molar-refractivity contribution is 6.00. The number of benzene rings is 1. The van der Waals surface area contributed by atoms with Gasteiger partial charge < -0.3 is 15.3 Å². The van der Waals surface area contributed by atoms with Crippen LogP contribution in [0.1, 0.15) is 76.9 Å². The summed E-state index contributed by atoms with van der Waals surface area (Å²) in [5.74, 6) is -3.23. The van der Waals surface area contributed by atoms with Gasteiger partial charge in [0.1, 0.15) is 5.76 Å². The van der Waals surface area contributed by atoms with Crippen molar-refractivity contribution < 1.29 is 24.9 Å². The van der Waals surface area contributed by atoms with Crippen molar-refractivity contribution in [2.45, 2.75) is 39.5 Å². The van der Waals surface area contributed by atoms with E-state index in [1.54, 1.807) is 27.7 Å². The topological polar surface area (TPSA) is 94.8 Å². The lowest BCUT2D eigenvalue weighted by Crippen LogP contribution is -2.17. The van der Waals surface area contributed by atoms with Crippen molar-refractivity contribution in [3.63, 3.8) is 0 Å². The van der Waals surface area contributed by atoms with Crippen LogP contribution >= 0.6 is 0 Å². The lowest BCUT2D eigenvalue weighted by molar-refractivity contribution is 0.0693. The summed E-state index contributed by atoms with van der Waals surface area (Å²) >= 11 is 0. The molecule has 0 spiro atoms. The maximum atomic E-state index is 11.7. The van der Waals surface area contributed by atoms with Crippen molar-refractivity contribution in [3.8, 4) is 0 Å². The molecule has 5 nitrogen and oxygen atoms in total. The molecule has 0 unspecified atom stereocenters. The van der Waals surface area contributed by atoms with Gasteiger partial charge in [-0.2, -0.15) is 0 Å². The molecule has 0 aliphatic heterocycles. The summed E-state index contributed by atoms with van der Waals surface area (Å²) in [6.45, 7) is 10.5. The Labute approximate surface area is 123 Å². The first-order chi connectivity index (χ1) is 9.59. The molecular weight excluding hydrogens is 272 g/mol. The minimum Gasteiger partial charge on any atom is -0.508 e. The average molecular weight is 292 g/mol. The molecule has 0 saturated heterocycles. The van der Waals surface area contributed by atoms with E-state index in [4.69, 9.17) is 0 Å². The van der Waals surface area contributed by atoms with E-state index in [0.29, 0.717) is 5.56 Å². The Bertz CT molecular complexity index is 567. The second-order valence-electron chi connectivity index (χ2n) is 5.54. The van der Waals surface area contributed by atoms with Gasteiger partial charge in [0, 0.05) is 5.56 Å². The van der Waals surface area contributed by atoms with Crippen LogP contribution in [-0.2, 0) is 0 Å². The van der Waals surface area contributed by atoms with E-state index in [0.717, 1.165) is 0 Å². The van der Waals surface area contributed by atoms with E-state index in [2.05, 4.69) is 6.58 Å². The number of aliphatic hydroxyl groups is 1. The molecule has 0 heterocycles. The summed E-state index contributed by atoms with van der Waals surface area (Å²) in [5.41, 5.74) is 0.679. The first-order valence-electron chi connectivity index (χ1n) is 6.65. The highest BCUT2D eigenvalue weighted by atomic mass is 16.4. The fraction of sp³-hybridized carbons (Fsp3) is 0.375. The zero-order valence-electron chi connectivity index (χ0n) is 12.6. The number of carboxylic acid groups (broad SMARTS) is 2. The Morgan fingerprint density at radius 1 is 0.905 bits per heavy atom. The van der Waals surface area contributed by atoms with Crippen LogP contribution in [0.2, 0.25) is 0 Å². The largest absolute Gasteiger partial charge is 0.508 e. The Morgan fingerprint density at radius 2 is 1.33 bits per heavy atom. The molecule has 114 valence electrons. The van der Waals surface area contributed by atoms with Crippen LogP contribution in [0.25, 0.3) is 5.76 Å². The lowest BCUT2D eigenvalue weighted by atomic mass is 9.82. The fourth-order valence-corrected chi connectivity index (χ4v) is 2.56. The molecule has 21 heavy (non-hydrogen) atoms. The summed E-state index contributed by atoms with van der Waals surface area (Å²) in [4.78, 5) is 23.1. The van der Waals surface area contributed by atoms with Gasteiger partial charge in [-0.25, -0.2) is 9.59 Å². The number of hydrogen-bond acceptors (Lipinski definition) is 3. The van der Waals surface area contributed by atoms with Gasteiger partial charge in [-0.15, -0.1) is 0 Å². The van der Waals surface area contributed by atoms with Crippen LogP contribution < -0.4 is 0 Å². The molecule has 0 aliphatic rings. The van der Waals surface area contributed by atoms with Gasteiger partial charge >= 0.3 is 11.9 Å². The van der Waals surface area contributed by atoms with Crippen LogP contribution in [0.15, 0.2) is 12.6 Å².